The first-order chi connectivity index (χ1) is 5.70. The first kappa shape index (κ1) is 9.75. The minimum Gasteiger partial charge on any atom is -0.0984 e. The van der Waals surface area contributed by atoms with Gasteiger partial charge in [0.05, 0.1) is 0 Å². The molecule has 0 amide bonds. The largest absolute Gasteiger partial charge is 0.0984 e. The Hall–Kier alpha value is -0.340. The summed E-state index contributed by atoms with van der Waals surface area (Å²) in [5.41, 5.74) is 2.14. The van der Waals surface area contributed by atoms with Crippen LogP contribution in [0.15, 0.2) is 34.2 Å². The molecule has 1 aromatic carbocycles. The van der Waals surface area contributed by atoms with Crippen LogP contribution in [0.4, 0.5) is 0 Å². The van der Waals surface area contributed by atoms with E-state index >= 15 is 0 Å². The number of benzene rings is 1. The topological polar surface area (TPSA) is 0 Å². The van der Waals surface area contributed by atoms with E-state index < -0.39 is 0 Å². The van der Waals surface area contributed by atoms with E-state index in [0.717, 1.165) is 20.1 Å². The Morgan fingerprint density at radius 1 is 0.917 bits per heavy atom. The molecule has 0 aromatic heterocycles. The Bertz CT molecular complexity index is 294. The summed E-state index contributed by atoms with van der Waals surface area (Å²) in [7, 11) is 0. The van der Waals surface area contributed by atoms with Crippen LogP contribution in [0.3, 0.4) is 0 Å². The number of hydrogen-bond acceptors (Lipinski definition) is 0. The van der Waals surface area contributed by atoms with Crippen molar-refractivity contribution in [1.82, 2.24) is 0 Å². The molecular weight excluding hydrogens is 280 g/mol. The lowest BCUT2D eigenvalue weighted by molar-refractivity contribution is 1.52. The molecule has 12 heavy (non-hydrogen) atoms. The first-order valence-corrected chi connectivity index (χ1v) is 5.02. The average molecular weight is 288 g/mol. The fourth-order valence-electron chi connectivity index (χ4n) is 0.998. The SMILES string of the molecule is C=Cc1c(Br)ccc(Br)c1C=C. The highest BCUT2D eigenvalue weighted by molar-refractivity contribution is 9.11. The second-order valence-electron chi connectivity index (χ2n) is 2.26. The number of rotatable bonds is 2. The second kappa shape index (κ2) is 4.06. The van der Waals surface area contributed by atoms with Crippen LogP contribution in [-0.4, -0.2) is 0 Å². The molecule has 0 bridgehead atoms. The minimum atomic E-state index is 1.04. The molecule has 0 atom stereocenters. The van der Waals surface area contributed by atoms with E-state index in [4.69, 9.17) is 0 Å². The Labute approximate surface area is 89.2 Å². The summed E-state index contributed by atoms with van der Waals surface area (Å²) in [6, 6.07) is 3.96. The molecule has 0 spiro atoms. The summed E-state index contributed by atoms with van der Waals surface area (Å²) in [4.78, 5) is 0. The lowest BCUT2D eigenvalue weighted by Crippen LogP contribution is -1.83. The molecule has 0 aliphatic rings. The van der Waals surface area contributed by atoms with Gasteiger partial charge in [-0.3, -0.25) is 0 Å². The van der Waals surface area contributed by atoms with Crippen molar-refractivity contribution in [2.24, 2.45) is 0 Å². The van der Waals surface area contributed by atoms with Gasteiger partial charge in [-0.2, -0.15) is 0 Å². The van der Waals surface area contributed by atoms with Crippen molar-refractivity contribution >= 4 is 44.0 Å². The van der Waals surface area contributed by atoms with Crippen LogP contribution in [0.1, 0.15) is 11.1 Å². The highest BCUT2D eigenvalue weighted by Gasteiger charge is 2.03. The van der Waals surface area contributed by atoms with Gasteiger partial charge in [-0.05, 0) is 23.3 Å². The van der Waals surface area contributed by atoms with Gasteiger partial charge in [-0.15, -0.1) is 0 Å². The van der Waals surface area contributed by atoms with Crippen molar-refractivity contribution in [1.29, 1.82) is 0 Å². The fraction of sp³-hybridized carbons (Fsp3) is 0. The summed E-state index contributed by atoms with van der Waals surface area (Å²) in [6.07, 6.45) is 3.62. The van der Waals surface area contributed by atoms with Crippen LogP contribution in [-0.2, 0) is 0 Å². The summed E-state index contributed by atoms with van der Waals surface area (Å²) in [5.74, 6) is 0. The zero-order chi connectivity index (χ0) is 9.14. The summed E-state index contributed by atoms with van der Waals surface area (Å²) < 4.78 is 2.08. The lowest BCUT2D eigenvalue weighted by atomic mass is 10.1. The van der Waals surface area contributed by atoms with E-state index in [1.54, 1.807) is 0 Å². The molecule has 1 aromatic rings. The normalized spacial score (nSPS) is 9.50. The third kappa shape index (κ3) is 1.70. The van der Waals surface area contributed by atoms with Gasteiger partial charge in [-0.1, -0.05) is 57.2 Å². The molecule has 0 saturated heterocycles. The van der Waals surface area contributed by atoms with Crippen LogP contribution < -0.4 is 0 Å². The van der Waals surface area contributed by atoms with Crippen molar-refractivity contribution in [2.45, 2.75) is 0 Å². The van der Waals surface area contributed by atoms with Gasteiger partial charge in [0.1, 0.15) is 0 Å². The van der Waals surface area contributed by atoms with Crippen LogP contribution in [0, 0.1) is 0 Å². The molecule has 0 aliphatic carbocycles. The van der Waals surface area contributed by atoms with E-state index in [2.05, 4.69) is 45.0 Å². The van der Waals surface area contributed by atoms with E-state index in [-0.39, 0.29) is 0 Å². The minimum absolute atomic E-state index is 1.04. The molecular formula is C10H8Br2. The van der Waals surface area contributed by atoms with Gasteiger partial charge < -0.3 is 0 Å². The third-order valence-electron chi connectivity index (χ3n) is 1.59. The molecule has 0 aliphatic heterocycles. The Morgan fingerprint density at radius 2 is 1.25 bits per heavy atom. The van der Waals surface area contributed by atoms with E-state index in [0.29, 0.717) is 0 Å². The number of halogens is 2. The van der Waals surface area contributed by atoms with Gasteiger partial charge in [0, 0.05) is 8.95 Å². The molecule has 0 radical (unpaired) electrons. The average Bonchev–Trinajstić information content (AvgIpc) is 2.08. The Balaban J connectivity index is 3.48. The monoisotopic (exact) mass is 286 g/mol. The molecule has 0 heterocycles. The number of hydrogen-bond donors (Lipinski definition) is 0. The lowest BCUT2D eigenvalue weighted by Gasteiger charge is -2.05. The van der Waals surface area contributed by atoms with Gasteiger partial charge in [-0.25, -0.2) is 0 Å². The molecule has 62 valence electrons. The fourth-order valence-corrected chi connectivity index (χ4v) is 2.01. The summed E-state index contributed by atoms with van der Waals surface area (Å²) >= 11 is 6.88. The van der Waals surface area contributed by atoms with Gasteiger partial charge >= 0.3 is 0 Å². The summed E-state index contributed by atoms with van der Waals surface area (Å²) in [6.45, 7) is 7.49. The quantitative estimate of drug-likeness (QED) is 0.751. The summed E-state index contributed by atoms with van der Waals surface area (Å²) in [5, 5.41) is 0. The maximum Gasteiger partial charge on any atom is 0.0254 e. The maximum absolute atomic E-state index is 3.74. The molecule has 1 rings (SSSR count). The van der Waals surface area contributed by atoms with Crippen molar-refractivity contribution in [3.8, 4) is 0 Å². The van der Waals surface area contributed by atoms with E-state index in [1.807, 2.05) is 24.3 Å². The van der Waals surface area contributed by atoms with Gasteiger partial charge in [0.2, 0.25) is 0 Å². The van der Waals surface area contributed by atoms with Crippen molar-refractivity contribution in [3.63, 3.8) is 0 Å². The highest BCUT2D eigenvalue weighted by Crippen LogP contribution is 2.29. The third-order valence-corrected chi connectivity index (χ3v) is 2.97. The van der Waals surface area contributed by atoms with E-state index in [1.165, 1.54) is 0 Å². The molecule has 0 fully saturated rings. The first-order valence-electron chi connectivity index (χ1n) is 3.43. The maximum atomic E-state index is 3.74. The second-order valence-corrected chi connectivity index (χ2v) is 3.97. The zero-order valence-electron chi connectivity index (χ0n) is 6.48. The molecule has 0 saturated carbocycles. The zero-order valence-corrected chi connectivity index (χ0v) is 9.65. The molecule has 0 N–H and O–H groups in total. The highest BCUT2D eigenvalue weighted by atomic mass is 79.9. The predicted octanol–water partition coefficient (Wildman–Crippen LogP) is 4.50. The van der Waals surface area contributed by atoms with Crippen LogP contribution in [0.2, 0.25) is 0 Å². The van der Waals surface area contributed by atoms with E-state index in [9.17, 15) is 0 Å². The molecule has 0 nitrogen and oxygen atoms in total. The molecule has 2 heteroatoms. The predicted molar refractivity (Wildman–Crippen MR) is 62.0 cm³/mol. The Kier molecular flexibility index (Phi) is 3.29. The smallest absolute Gasteiger partial charge is 0.0254 e. The molecule has 0 unspecified atom stereocenters. The standard InChI is InChI=1S/C10H8Br2/c1-3-7-8(4-2)10(12)6-5-9(7)11/h3-6H,1-2H2. The van der Waals surface area contributed by atoms with Gasteiger partial charge in [0.25, 0.3) is 0 Å². The van der Waals surface area contributed by atoms with Crippen molar-refractivity contribution in [3.05, 3.63) is 45.4 Å². The van der Waals surface area contributed by atoms with Crippen LogP contribution in [0.25, 0.3) is 12.2 Å². The van der Waals surface area contributed by atoms with Crippen LogP contribution >= 0.6 is 31.9 Å². The Morgan fingerprint density at radius 3 is 1.50 bits per heavy atom. The van der Waals surface area contributed by atoms with Crippen molar-refractivity contribution < 1.29 is 0 Å². The van der Waals surface area contributed by atoms with Crippen molar-refractivity contribution in [2.75, 3.05) is 0 Å². The van der Waals surface area contributed by atoms with Gasteiger partial charge in [0.15, 0.2) is 0 Å². The van der Waals surface area contributed by atoms with Crippen LogP contribution in [0.5, 0.6) is 0 Å².